The number of aliphatic hydroxyl groups excluding tert-OH is 1. The molecule has 5 rings (SSSR count). The molecular weight excluding hydrogens is 656 g/mol. The van der Waals surface area contributed by atoms with Gasteiger partial charge >= 0.3 is 0 Å². The highest BCUT2D eigenvalue weighted by Crippen LogP contribution is 2.34. The van der Waals surface area contributed by atoms with Crippen LogP contribution in [-0.2, 0) is 16.6 Å². The first-order chi connectivity index (χ1) is 18.2. The maximum Gasteiger partial charge on any atom is 0.264 e. The molecule has 0 unspecified atom stereocenters. The molecule has 0 saturated carbocycles. The smallest absolute Gasteiger partial charge is 0.264 e. The lowest BCUT2D eigenvalue weighted by Crippen LogP contribution is -2.39. The van der Waals surface area contributed by atoms with Crippen molar-refractivity contribution in [3.05, 3.63) is 98.9 Å². The van der Waals surface area contributed by atoms with E-state index < -0.39 is 16.1 Å². The maximum absolute atomic E-state index is 13.8. The second-order valence-corrected chi connectivity index (χ2v) is 12.9. The predicted molar refractivity (Wildman–Crippen MR) is 160 cm³/mol. The fourth-order valence-corrected chi connectivity index (χ4v) is 6.88. The van der Waals surface area contributed by atoms with Crippen molar-refractivity contribution in [2.24, 2.45) is 0 Å². The van der Waals surface area contributed by atoms with Gasteiger partial charge in [0.05, 0.1) is 36.9 Å². The number of rotatable bonds is 8. The quantitative estimate of drug-likeness (QED) is 0.188. The second kappa shape index (κ2) is 10.9. The van der Waals surface area contributed by atoms with E-state index in [0.717, 1.165) is 30.8 Å². The molecule has 0 aliphatic heterocycles. The van der Waals surface area contributed by atoms with Crippen molar-refractivity contribution in [3.8, 4) is 5.75 Å². The molecule has 4 aromatic carbocycles. The van der Waals surface area contributed by atoms with E-state index >= 15 is 0 Å². The number of nitrogens with zero attached hydrogens (tertiary/aromatic N) is 2. The number of aromatic nitrogens is 1. The number of hydrogen-bond acceptors (Lipinski definition) is 4. The van der Waals surface area contributed by atoms with Crippen LogP contribution in [-0.4, -0.2) is 37.8 Å². The molecule has 10 heteroatoms. The summed E-state index contributed by atoms with van der Waals surface area (Å²) in [5, 5.41) is 13.8. The molecule has 38 heavy (non-hydrogen) atoms. The Morgan fingerprint density at radius 2 is 1.45 bits per heavy atom. The van der Waals surface area contributed by atoms with Crippen molar-refractivity contribution in [3.63, 3.8) is 0 Å². The summed E-state index contributed by atoms with van der Waals surface area (Å²) in [6.45, 7) is 0.0254. The number of hydrogen-bond donors (Lipinski definition) is 1. The molecule has 1 N–H and O–H groups in total. The van der Waals surface area contributed by atoms with Crippen LogP contribution in [0, 0.1) is 0 Å². The Balaban J connectivity index is 1.54. The summed E-state index contributed by atoms with van der Waals surface area (Å²) >= 11 is 13.1. The first kappa shape index (κ1) is 27.0. The zero-order valence-electron chi connectivity index (χ0n) is 20.2. The number of fused-ring (bicyclic) bond motifs is 3. The minimum Gasteiger partial charge on any atom is -0.497 e. The fourth-order valence-electron chi connectivity index (χ4n) is 4.53. The zero-order valence-corrected chi connectivity index (χ0v) is 24.9. The van der Waals surface area contributed by atoms with Crippen LogP contribution >= 0.6 is 43.5 Å². The number of ether oxygens (including phenoxy) is 1. The van der Waals surface area contributed by atoms with Crippen molar-refractivity contribution in [1.82, 2.24) is 4.57 Å². The average Bonchev–Trinajstić information content (AvgIpc) is 3.19. The normalized spacial score (nSPS) is 12.7. The van der Waals surface area contributed by atoms with Crippen LogP contribution < -0.4 is 9.04 Å². The van der Waals surface area contributed by atoms with Crippen molar-refractivity contribution in [1.29, 1.82) is 0 Å². The minimum absolute atomic E-state index is 0.0801. The molecule has 0 fully saturated rings. The van der Waals surface area contributed by atoms with Crippen LogP contribution in [0.3, 0.4) is 0 Å². The van der Waals surface area contributed by atoms with E-state index in [-0.39, 0.29) is 18.0 Å². The third kappa shape index (κ3) is 5.31. The summed E-state index contributed by atoms with van der Waals surface area (Å²) in [6, 6.07) is 24.7. The van der Waals surface area contributed by atoms with Crippen molar-refractivity contribution < 1.29 is 18.3 Å². The van der Waals surface area contributed by atoms with Crippen molar-refractivity contribution in [2.75, 3.05) is 18.0 Å². The summed E-state index contributed by atoms with van der Waals surface area (Å²) < 4.78 is 37.9. The molecule has 0 amide bonds. The van der Waals surface area contributed by atoms with Crippen LogP contribution in [0.4, 0.5) is 5.69 Å². The number of sulfonamides is 1. The van der Waals surface area contributed by atoms with Gasteiger partial charge in [0.25, 0.3) is 10.0 Å². The van der Waals surface area contributed by atoms with Gasteiger partial charge in [0.1, 0.15) is 5.75 Å². The van der Waals surface area contributed by atoms with E-state index in [1.165, 1.54) is 28.6 Å². The molecule has 0 radical (unpaired) electrons. The lowest BCUT2D eigenvalue weighted by atomic mass is 10.2. The second-order valence-electron chi connectivity index (χ2n) is 8.78. The molecular formula is C28H23Br2ClN2O4S. The molecule has 0 aliphatic rings. The van der Waals surface area contributed by atoms with Gasteiger partial charge in [-0.3, -0.25) is 4.31 Å². The summed E-state index contributed by atoms with van der Waals surface area (Å²) in [5.74, 6) is 0.598. The molecule has 5 aromatic rings. The van der Waals surface area contributed by atoms with Gasteiger partial charge in [0, 0.05) is 35.8 Å². The Kier molecular flexibility index (Phi) is 7.75. The Morgan fingerprint density at radius 1 is 0.895 bits per heavy atom. The summed E-state index contributed by atoms with van der Waals surface area (Å²) in [7, 11) is -2.46. The minimum atomic E-state index is -4.01. The lowest BCUT2D eigenvalue weighted by molar-refractivity contribution is 0.166. The van der Waals surface area contributed by atoms with Crippen molar-refractivity contribution in [2.45, 2.75) is 17.5 Å². The number of benzene rings is 4. The summed E-state index contributed by atoms with van der Waals surface area (Å²) in [5.41, 5.74) is 2.30. The molecule has 6 nitrogen and oxygen atoms in total. The summed E-state index contributed by atoms with van der Waals surface area (Å²) in [6.07, 6.45) is -1.02. The number of halogens is 3. The molecule has 1 atom stereocenters. The Bertz CT molecular complexity index is 1660. The van der Waals surface area contributed by atoms with E-state index in [1.807, 2.05) is 41.0 Å². The standard InChI is InChI=1S/C28H23Br2ClN2O4S/c1-37-23-8-6-21(7-9-23)33(38(35,36)24-10-4-20(31)5-11-24)17-22(34)16-32-27-12-2-18(29)14-25(27)26-15-19(30)3-13-28(26)32/h2-15,22,34H,16-17H2,1H3/t22-/m0/s1. The number of aliphatic hydroxyl groups is 1. The Morgan fingerprint density at radius 3 is 1.97 bits per heavy atom. The maximum atomic E-state index is 13.8. The first-order valence-corrected chi connectivity index (χ1v) is 15.1. The van der Waals surface area contributed by atoms with Gasteiger partial charge in [-0.25, -0.2) is 8.42 Å². The Hall–Kier alpha value is -2.56. The summed E-state index contributed by atoms with van der Waals surface area (Å²) in [4.78, 5) is 0.0801. The average molecular weight is 679 g/mol. The number of methoxy groups -OCH3 is 1. The van der Waals surface area contributed by atoms with Gasteiger partial charge in [0.15, 0.2) is 0 Å². The van der Waals surface area contributed by atoms with Crippen LogP contribution in [0.1, 0.15) is 0 Å². The molecule has 1 aromatic heterocycles. The highest BCUT2D eigenvalue weighted by atomic mass is 79.9. The molecule has 0 saturated heterocycles. The SMILES string of the molecule is COc1ccc(N(C[C@@H](O)Cn2c3ccc(Br)cc3c3cc(Br)ccc32)S(=O)(=O)c2ccc(Cl)cc2)cc1. The van der Waals surface area contributed by atoms with Gasteiger partial charge < -0.3 is 14.4 Å². The van der Waals surface area contributed by atoms with E-state index in [1.54, 1.807) is 31.4 Å². The highest BCUT2D eigenvalue weighted by molar-refractivity contribution is 9.10. The fraction of sp³-hybridized carbons (Fsp3) is 0.143. The predicted octanol–water partition coefficient (Wildman–Crippen LogP) is 7.24. The van der Waals surface area contributed by atoms with E-state index in [0.29, 0.717) is 16.5 Å². The van der Waals surface area contributed by atoms with E-state index in [9.17, 15) is 13.5 Å². The van der Waals surface area contributed by atoms with E-state index in [4.69, 9.17) is 16.3 Å². The van der Waals surface area contributed by atoms with Crippen LogP contribution in [0.25, 0.3) is 21.8 Å². The molecule has 196 valence electrons. The first-order valence-electron chi connectivity index (χ1n) is 11.6. The largest absolute Gasteiger partial charge is 0.497 e. The monoisotopic (exact) mass is 676 g/mol. The van der Waals surface area contributed by atoms with Crippen LogP contribution in [0.2, 0.25) is 5.02 Å². The zero-order chi connectivity index (χ0) is 27.0. The third-order valence-corrected chi connectivity index (χ3v) is 9.37. The van der Waals surface area contributed by atoms with Crippen molar-refractivity contribution >= 4 is 81.0 Å². The van der Waals surface area contributed by atoms with Gasteiger partial charge in [0.2, 0.25) is 0 Å². The van der Waals surface area contributed by atoms with Crippen LogP contribution in [0.15, 0.2) is 98.8 Å². The molecule has 0 aliphatic carbocycles. The van der Waals surface area contributed by atoms with Gasteiger partial charge in [-0.15, -0.1) is 0 Å². The molecule has 0 bridgehead atoms. The third-order valence-electron chi connectivity index (χ3n) is 6.32. The van der Waals surface area contributed by atoms with Gasteiger partial charge in [-0.05, 0) is 84.9 Å². The number of anilines is 1. The molecule has 1 heterocycles. The van der Waals surface area contributed by atoms with Crippen LogP contribution in [0.5, 0.6) is 5.75 Å². The van der Waals surface area contributed by atoms with Gasteiger partial charge in [-0.2, -0.15) is 0 Å². The van der Waals surface area contributed by atoms with Gasteiger partial charge in [-0.1, -0.05) is 43.5 Å². The lowest BCUT2D eigenvalue weighted by Gasteiger charge is -2.27. The topological polar surface area (TPSA) is 71.8 Å². The molecule has 0 spiro atoms. The Labute approximate surface area is 242 Å². The highest BCUT2D eigenvalue weighted by Gasteiger charge is 2.28. The van der Waals surface area contributed by atoms with E-state index in [2.05, 4.69) is 31.9 Å².